The first kappa shape index (κ1) is 17.0. The maximum Gasteiger partial charge on any atom is 0.321 e. The zero-order valence-corrected chi connectivity index (χ0v) is 15.8. The second-order valence-electron chi connectivity index (χ2n) is 5.31. The van der Waals surface area contributed by atoms with Gasteiger partial charge in [-0.3, -0.25) is 4.79 Å². The van der Waals surface area contributed by atoms with Gasteiger partial charge < -0.3 is 19.5 Å². The molecule has 3 rings (SSSR count). The van der Waals surface area contributed by atoms with Crippen LogP contribution in [0.1, 0.15) is 10.6 Å². The van der Waals surface area contributed by atoms with E-state index in [4.69, 9.17) is 4.42 Å². The van der Waals surface area contributed by atoms with Crippen molar-refractivity contribution < 1.29 is 14.0 Å². The largest absolute Gasteiger partial charge is 0.459 e. The number of benzene rings is 1. The van der Waals surface area contributed by atoms with Crippen molar-refractivity contribution in [2.45, 2.75) is 0 Å². The molecular formula is C16H15Br2N3O3. The van der Waals surface area contributed by atoms with Crippen LogP contribution >= 0.6 is 31.9 Å². The predicted molar refractivity (Wildman–Crippen MR) is 97.0 cm³/mol. The van der Waals surface area contributed by atoms with E-state index in [-0.39, 0.29) is 11.9 Å². The number of piperazine rings is 1. The molecule has 3 amide bonds. The Morgan fingerprint density at radius 1 is 1.04 bits per heavy atom. The minimum Gasteiger partial charge on any atom is -0.459 e. The number of amides is 3. The number of halogens is 2. The second-order valence-corrected chi connectivity index (χ2v) is 7.08. The predicted octanol–water partition coefficient (Wildman–Crippen LogP) is 3.79. The van der Waals surface area contributed by atoms with Crippen LogP contribution in [-0.4, -0.2) is 47.9 Å². The Kier molecular flexibility index (Phi) is 5.25. The molecule has 8 heteroatoms. The van der Waals surface area contributed by atoms with Crippen LogP contribution in [0.25, 0.3) is 0 Å². The molecule has 2 aromatic rings. The van der Waals surface area contributed by atoms with Gasteiger partial charge in [-0.1, -0.05) is 15.9 Å². The minimum absolute atomic E-state index is 0.143. The van der Waals surface area contributed by atoms with Crippen molar-refractivity contribution in [2.75, 3.05) is 31.5 Å². The first-order valence-electron chi connectivity index (χ1n) is 7.38. The Hall–Kier alpha value is -1.80. The third-order valence-electron chi connectivity index (χ3n) is 3.76. The quantitative estimate of drug-likeness (QED) is 0.747. The minimum atomic E-state index is -0.178. The molecule has 0 radical (unpaired) electrons. The molecule has 0 unspecified atom stereocenters. The number of carbonyl (C=O) groups is 2. The van der Waals surface area contributed by atoms with Crippen LogP contribution in [-0.2, 0) is 0 Å². The molecule has 1 saturated heterocycles. The normalized spacial score (nSPS) is 14.6. The fraction of sp³-hybridized carbons (Fsp3) is 0.250. The van der Waals surface area contributed by atoms with Crippen LogP contribution in [0.4, 0.5) is 10.5 Å². The molecule has 1 fully saturated rings. The number of hydrogen-bond acceptors (Lipinski definition) is 3. The summed E-state index contributed by atoms with van der Waals surface area (Å²) in [6, 6.07) is 8.71. The molecule has 0 saturated carbocycles. The molecule has 6 nitrogen and oxygen atoms in total. The lowest BCUT2D eigenvalue weighted by atomic mass is 10.3. The van der Waals surface area contributed by atoms with E-state index < -0.39 is 0 Å². The van der Waals surface area contributed by atoms with Crippen LogP contribution < -0.4 is 5.32 Å². The molecule has 1 aliphatic rings. The fourth-order valence-electron chi connectivity index (χ4n) is 2.45. The molecular weight excluding hydrogens is 442 g/mol. The molecule has 1 aromatic carbocycles. The van der Waals surface area contributed by atoms with Crippen molar-refractivity contribution in [2.24, 2.45) is 0 Å². The lowest BCUT2D eigenvalue weighted by molar-refractivity contribution is 0.0640. The number of anilines is 1. The van der Waals surface area contributed by atoms with Crippen molar-refractivity contribution in [3.63, 3.8) is 0 Å². The fourth-order valence-corrected chi connectivity index (χ4v) is 3.60. The van der Waals surface area contributed by atoms with Gasteiger partial charge in [0.15, 0.2) is 5.76 Å². The van der Waals surface area contributed by atoms with E-state index in [0.29, 0.717) is 37.6 Å². The van der Waals surface area contributed by atoms with E-state index in [9.17, 15) is 9.59 Å². The monoisotopic (exact) mass is 455 g/mol. The van der Waals surface area contributed by atoms with Gasteiger partial charge in [0.2, 0.25) is 0 Å². The zero-order valence-electron chi connectivity index (χ0n) is 12.7. The highest BCUT2D eigenvalue weighted by molar-refractivity contribution is 9.11. The molecule has 0 atom stereocenters. The van der Waals surface area contributed by atoms with Crippen LogP contribution in [0.15, 0.2) is 50.0 Å². The smallest absolute Gasteiger partial charge is 0.321 e. The van der Waals surface area contributed by atoms with Gasteiger partial charge in [-0.25, -0.2) is 4.79 Å². The van der Waals surface area contributed by atoms with Crippen molar-refractivity contribution >= 4 is 49.5 Å². The van der Waals surface area contributed by atoms with E-state index in [1.165, 1.54) is 6.26 Å². The van der Waals surface area contributed by atoms with E-state index >= 15 is 0 Å². The Morgan fingerprint density at radius 3 is 2.38 bits per heavy atom. The van der Waals surface area contributed by atoms with Crippen molar-refractivity contribution in [3.8, 4) is 0 Å². The van der Waals surface area contributed by atoms with Gasteiger partial charge in [-0.2, -0.15) is 0 Å². The maximum absolute atomic E-state index is 12.4. The van der Waals surface area contributed by atoms with Crippen LogP contribution in [0.2, 0.25) is 0 Å². The van der Waals surface area contributed by atoms with Gasteiger partial charge >= 0.3 is 6.03 Å². The summed E-state index contributed by atoms with van der Waals surface area (Å²) >= 11 is 6.80. The summed E-state index contributed by atoms with van der Waals surface area (Å²) in [5.74, 6) is 0.183. The van der Waals surface area contributed by atoms with Gasteiger partial charge in [-0.05, 0) is 46.3 Å². The molecule has 1 aliphatic heterocycles. The summed E-state index contributed by atoms with van der Waals surface area (Å²) < 4.78 is 6.86. The molecule has 0 aliphatic carbocycles. The van der Waals surface area contributed by atoms with E-state index in [1.54, 1.807) is 21.9 Å². The third kappa shape index (κ3) is 3.81. The SMILES string of the molecule is O=C(Nc1ccc(Br)cc1Br)N1CCN(C(=O)c2ccco2)CC1. The number of urea groups is 1. The summed E-state index contributed by atoms with van der Waals surface area (Å²) in [5.41, 5.74) is 0.706. The van der Waals surface area contributed by atoms with Crippen LogP contribution in [0.5, 0.6) is 0 Å². The Labute approximate surface area is 156 Å². The van der Waals surface area contributed by atoms with Gasteiger partial charge in [-0.15, -0.1) is 0 Å². The first-order valence-corrected chi connectivity index (χ1v) is 8.97. The average Bonchev–Trinajstić information content (AvgIpc) is 3.11. The van der Waals surface area contributed by atoms with Gasteiger partial charge in [0.25, 0.3) is 5.91 Å². The Balaban J connectivity index is 1.56. The number of hydrogen-bond donors (Lipinski definition) is 1. The Morgan fingerprint density at radius 2 is 1.75 bits per heavy atom. The van der Waals surface area contributed by atoms with E-state index in [1.807, 2.05) is 18.2 Å². The number of furan rings is 1. The molecule has 1 aromatic heterocycles. The van der Waals surface area contributed by atoms with Crippen molar-refractivity contribution in [1.29, 1.82) is 0 Å². The third-order valence-corrected chi connectivity index (χ3v) is 4.91. The topological polar surface area (TPSA) is 65.8 Å². The second kappa shape index (κ2) is 7.40. The summed E-state index contributed by atoms with van der Waals surface area (Å²) in [6.07, 6.45) is 1.48. The molecule has 2 heterocycles. The molecule has 126 valence electrons. The van der Waals surface area contributed by atoms with Crippen molar-refractivity contribution in [3.05, 3.63) is 51.3 Å². The lowest BCUT2D eigenvalue weighted by Gasteiger charge is -2.34. The highest BCUT2D eigenvalue weighted by atomic mass is 79.9. The molecule has 24 heavy (non-hydrogen) atoms. The van der Waals surface area contributed by atoms with Gasteiger partial charge in [0, 0.05) is 35.1 Å². The average molecular weight is 457 g/mol. The molecule has 1 N–H and O–H groups in total. The summed E-state index contributed by atoms with van der Waals surface area (Å²) in [5, 5.41) is 2.88. The van der Waals surface area contributed by atoms with E-state index in [2.05, 4.69) is 37.2 Å². The number of rotatable bonds is 2. The van der Waals surface area contributed by atoms with Gasteiger partial charge in [0.1, 0.15) is 0 Å². The summed E-state index contributed by atoms with van der Waals surface area (Å²) in [7, 11) is 0. The Bertz CT molecular complexity index is 741. The van der Waals surface area contributed by atoms with E-state index in [0.717, 1.165) is 8.95 Å². The number of carbonyl (C=O) groups excluding carboxylic acids is 2. The van der Waals surface area contributed by atoms with Crippen LogP contribution in [0.3, 0.4) is 0 Å². The number of nitrogens with one attached hydrogen (secondary N) is 1. The number of nitrogens with zero attached hydrogens (tertiary/aromatic N) is 2. The van der Waals surface area contributed by atoms with Gasteiger partial charge in [0.05, 0.1) is 12.0 Å². The molecule has 0 spiro atoms. The summed E-state index contributed by atoms with van der Waals surface area (Å²) in [4.78, 5) is 28.0. The molecule has 0 bridgehead atoms. The van der Waals surface area contributed by atoms with Crippen LogP contribution in [0, 0.1) is 0 Å². The zero-order chi connectivity index (χ0) is 17.1. The van der Waals surface area contributed by atoms with Crippen molar-refractivity contribution in [1.82, 2.24) is 9.80 Å². The lowest BCUT2D eigenvalue weighted by Crippen LogP contribution is -2.51. The highest BCUT2D eigenvalue weighted by Crippen LogP contribution is 2.26. The highest BCUT2D eigenvalue weighted by Gasteiger charge is 2.26. The standard InChI is InChI=1S/C16H15Br2N3O3/c17-11-3-4-13(12(18)10-11)19-16(23)21-7-5-20(6-8-21)15(22)14-2-1-9-24-14/h1-4,9-10H,5-8H2,(H,19,23). The summed E-state index contributed by atoms with van der Waals surface area (Å²) in [6.45, 7) is 1.92. The first-order chi connectivity index (χ1) is 11.5. The maximum atomic E-state index is 12.4.